The maximum Gasteiger partial charge on any atom is 0.161 e. The Labute approximate surface area is 134 Å². The maximum absolute atomic E-state index is 5.65. The van der Waals surface area contributed by atoms with Gasteiger partial charge in [-0.05, 0) is 37.6 Å². The molecule has 1 saturated carbocycles. The molecular weight excluding hydrogens is 296 g/mol. The summed E-state index contributed by atoms with van der Waals surface area (Å²) in [7, 11) is 2.13. The van der Waals surface area contributed by atoms with Crippen molar-refractivity contribution in [2.75, 3.05) is 20.3 Å². The van der Waals surface area contributed by atoms with Gasteiger partial charge in [-0.25, -0.2) is 4.98 Å². The van der Waals surface area contributed by atoms with E-state index in [1.807, 2.05) is 17.4 Å². The fourth-order valence-electron chi connectivity index (χ4n) is 2.74. The first-order valence-electron chi connectivity index (χ1n) is 7.79. The van der Waals surface area contributed by atoms with Crippen LogP contribution in [-0.2, 0) is 13.1 Å². The minimum atomic E-state index is 0.634. The fraction of sp³-hybridized carbons (Fsp3) is 0.471. The molecule has 0 amide bonds. The minimum absolute atomic E-state index is 0.634. The lowest BCUT2D eigenvalue weighted by Crippen LogP contribution is -2.19. The smallest absolute Gasteiger partial charge is 0.161 e. The Morgan fingerprint density at radius 3 is 2.82 bits per heavy atom. The number of rotatable bonds is 5. The molecule has 1 aromatic heterocycles. The van der Waals surface area contributed by atoms with Gasteiger partial charge in [0.2, 0.25) is 0 Å². The third kappa shape index (κ3) is 3.10. The van der Waals surface area contributed by atoms with E-state index in [4.69, 9.17) is 14.5 Å². The monoisotopic (exact) mass is 316 g/mol. The molecule has 116 valence electrons. The second-order valence-electron chi connectivity index (χ2n) is 6.10. The number of thiazole rings is 1. The summed E-state index contributed by atoms with van der Waals surface area (Å²) < 4.78 is 11.2. The number of benzene rings is 1. The third-order valence-corrected chi connectivity index (χ3v) is 5.04. The molecule has 22 heavy (non-hydrogen) atoms. The van der Waals surface area contributed by atoms with Crippen molar-refractivity contribution in [1.82, 2.24) is 9.88 Å². The number of fused-ring (bicyclic) bond motifs is 1. The molecule has 2 heterocycles. The van der Waals surface area contributed by atoms with E-state index in [2.05, 4.69) is 29.5 Å². The van der Waals surface area contributed by atoms with Crippen LogP contribution in [0.3, 0.4) is 0 Å². The molecule has 4 rings (SSSR count). The normalized spacial score (nSPS) is 17.0. The van der Waals surface area contributed by atoms with E-state index in [-0.39, 0.29) is 0 Å². The lowest BCUT2D eigenvalue weighted by Gasteiger charge is -2.20. The van der Waals surface area contributed by atoms with Gasteiger partial charge in [-0.3, -0.25) is 4.90 Å². The molecule has 0 saturated heterocycles. The van der Waals surface area contributed by atoms with Crippen molar-refractivity contribution >= 4 is 11.3 Å². The van der Waals surface area contributed by atoms with E-state index in [0.29, 0.717) is 13.2 Å². The van der Waals surface area contributed by atoms with E-state index in [1.165, 1.54) is 29.1 Å². The molecule has 2 aromatic rings. The number of hydrogen-bond acceptors (Lipinski definition) is 5. The van der Waals surface area contributed by atoms with Gasteiger partial charge in [0, 0.05) is 24.4 Å². The van der Waals surface area contributed by atoms with E-state index in [0.717, 1.165) is 30.5 Å². The zero-order chi connectivity index (χ0) is 14.9. The van der Waals surface area contributed by atoms with Crippen LogP contribution in [0.15, 0.2) is 23.6 Å². The van der Waals surface area contributed by atoms with Crippen molar-refractivity contribution in [2.24, 2.45) is 0 Å². The summed E-state index contributed by atoms with van der Waals surface area (Å²) >= 11 is 1.81. The highest BCUT2D eigenvalue weighted by Gasteiger charge is 2.26. The van der Waals surface area contributed by atoms with Gasteiger partial charge in [-0.15, -0.1) is 11.3 Å². The van der Waals surface area contributed by atoms with Crippen LogP contribution in [-0.4, -0.2) is 30.1 Å². The largest absolute Gasteiger partial charge is 0.486 e. The van der Waals surface area contributed by atoms with E-state index in [1.54, 1.807) is 0 Å². The quantitative estimate of drug-likeness (QED) is 0.846. The topological polar surface area (TPSA) is 34.6 Å². The summed E-state index contributed by atoms with van der Waals surface area (Å²) in [4.78, 5) is 7.05. The summed E-state index contributed by atoms with van der Waals surface area (Å²) in [6, 6.07) is 6.20. The average molecular weight is 316 g/mol. The lowest BCUT2D eigenvalue weighted by molar-refractivity contribution is 0.171. The number of ether oxygens (including phenoxy) is 2. The molecule has 0 bridgehead atoms. The highest BCUT2D eigenvalue weighted by molar-refractivity contribution is 7.09. The predicted octanol–water partition coefficient (Wildman–Crippen LogP) is 3.42. The Morgan fingerprint density at radius 1 is 1.18 bits per heavy atom. The van der Waals surface area contributed by atoms with Gasteiger partial charge >= 0.3 is 0 Å². The summed E-state index contributed by atoms with van der Waals surface area (Å²) in [5, 5.41) is 3.52. The molecule has 5 heteroatoms. The van der Waals surface area contributed by atoms with Gasteiger partial charge in [0.05, 0.1) is 10.7 Å². The van der Waals surface area contributed by atoms with Crippen LogP contribution in [0, 0.1) is 0 Å². The molecule has 2 aliphatic rings. The number of aromatic nitrogens is 1. The standard InChI is InChI=1S/C17H20N2O2S/c1-19(10-14-11-22-17(18-14)13-3-4-13)9-12-2-5-15-16(8-12)21-7-6-20-15/h2,5,8,11,13H,3-4,6-7,9-10H2,1H3. The van der Waals surface area contributed by atoms with Crippen LogP contribution in [0.25, 0.3) is 0 Å². The van der Waals surface area contributed by atoms with E-state index in [9.17, 15) is 0 Å². The maximum atomic E-state index is 5.65. The molecule has 1 aromatic carbocycles. The van der Waals surface area contributed by atoms with E-state index < -0.39 is 0 Å². The van der Waals surface area contributed by atoms with Crippen molar-refractivity contribution in [3.05, 3.63) is 39.8 Å². The number of hydrogen-bond donors (Lipinski definition) is 0. The van der Waals surface area contributed by atoms with Gasteiger partial charge in [-0.2, -0.15) is 0 Å². The second kappa shape index (κ2) is 5.89. The van der Waals surface area contributed by atoms with Crippen LogP contribution >= 0.6 is 11.3 Å². The molecule has 4 nitrogen and oxygen atoms in total. The van der Waals surface area contributed by atoms with Crippen molar-refractivity contribution in [3.8, 4) is 11.5 Å². The van der Waals surface area contributed by atoms with Gasteiger partial charge in [0.25, 0.3) is 0 Å². The van der Waals surface area contributed by atoms with Gasteiger partial charge in [0.1, 0.15) is 13.2 Å². The first kappa shape index (κ1) is 14.0. The Hall–Kier alpha value is -1.59. The molecule has 0 atom stereocenters. The average Bonchev–Trinajstić information content (AvgIpc) is 3.28. The van der Waals surface area contributed by atoms with Gasteiger partial charge < -0.3 is 9.47 Å². The zero-order valence-corrected chi connectivity index (χ0v) is 13.6. The van der Waals surface area contributed by atoms with Crippen molar-refractivity contribution < 1.29 is 9.47 Å². The second-order valence-corrected chi connectivity index (χ2v) is 6.99. The fourth-order valence-corrected chi connectivity index (χ4v) is 3.73. The van der Waals surface area contributed by atoms with Crippen LogP contribution in [0.1, 0.15) is 35.0 Å². The lowest BCUT2D eigenvalue weighted by atomic mass is 10.2. The van der Waals surface area contributed by atoms with Crippen LogP contribution in [0.5, 0.6) is 11.5 Å². The first-order chi connectivity index (χ1) is 10.8. The summed E-state index contributed by atoms with van der Waals surface area (Å²) in [5.41, 5.74) is 2.43. The van der Waals surface area contributed by atoms with Gasteiger partial charge in [-0.1, -0.05) is 6.07 Å². The Morgan fingerprint density at radius 2 is 2.00 bits per heavy atom. The highest BCUT2D eigenvalue weighted by atomic mass is 32.1. The van der Waals surface area contributed by atoms with Crippen molar-refractivity contribution in [1.29, 1.82) is 0 Å². The molecule has 0 N–H and O–H groups in total. The highest BCUT2D eigenvalue weighted by Crippen LogP contribution is 2.41. The van der Waals surface area contributed by atoms with Crippen LogP contribution in [0.4, 0.5) is 0 Å². The van der Waals surface area contributed by atoms with Crippen molar-refractivity contribution in [3.63, 3.8) is 0 Å². The van der Waals surface area contributed by atoms with Crippen LogP contribution < -0.4 is 9.47 Å². The SMILES string of the molecule is CN(Cc1ccc2c(c1)OCCO2)Cc1csc(C2CC2)n1. The Bertz CT molecular complexity index is 666. The Kier molecular flexibility index (Phi) is 3.76. The molecule has 0 unspecified atom stereocenters. The predicted molar refractivity (Wildman–Crippen MR) is 86.7 cm³/mol. The number of nitrogens with zero attached hydrogens (tertiary/aromatic N) is 2. The molecule has 1 aliphatic heterocycles. The molecule has 0 spiro atoms. The third-order valence-electron chi connectivity index (χ3n) is 3.99. The molecule has 1 aliphatic carbocycles. The van der Waals surface area contributed by atoms with Crippen LogP contribution in [0.2, 0.25) is 0 Å². The van der Waals surface area contributed by atoms with Crippen molar-refractivity contribution in [2.45, 2.75) is 31.8 Å². The zero-order valence-electron chi connectivity index (χ0n) is 12.7. The molecule has 0 radical (unpaired) electrons. The first-order valence-corrected chi connectivity index (χ1v) is 8.67. The molecule has 1 fully saturated rings. The summed E-state index contributed by atoms with van der Waals surface area (Å²) in [6.07, 6.45) is 2.64. The van der Waals surface area contributed by atoms with Gasteiger partial charge in [0.15, 0.2) is 11.5 Å². The Balaban J connectivity index is 1.39. The summed E-state index contributed by atoms with van der Waals surface area (Å²) in [5.74, 6) is 2.47. The van der Waals surface area contributed by atoms with E-state index >= 15 is 0 Å². The minimum Gasteiger partial charge on any atom is -0.486 e. The molecular formula is C17H20N2O2S. The summed E-state index contributed by atoms with van der Waals surface area (Å²) in [6.45, 7) is 3.04.